The lowest BCUT2D eigenvalue weighted by Crippen LogP contribution is -2.27. The maximum Gasteiger partial charge on any atom is 0.241 e. The van der Waals surface area contributed by atoms with Crippen LogP contribution in [0.3, 0.4) is 0 Å². The molecule has 0 radical (unpaired) electrons. The number of nitrogens with one attached hydrogen (secondary N) is 2. The third-order valence-corrected chi connectivity index (χ3v) is 6.18. The zero-order chi connectivity index (χ0) is 20.9. The van der Waals surface area contributed by atoms with Crippen molar-refractivity contribution in [3.8, 4) is 11.1 Å². The van der Waals surface area contributed by atoms with Crippen LogP contribution in [0.15, 0.2) is 83.8 Å². The average molecular weight is 409 g/mol. The van der Waals surface area contributed by atoms with Crippen LogP contribution in [0.1, 0.15) is 31.0 Å². The Morgan fingerprint density at radius 3 is 2.03 bits per heavy atom. The van der Waals surface area contributed by atoms with Gasteiger partial charge < -0.3 is 5.32 Å². The van der Waals surface area contributed by atoms with Gasteiger partial charge in [0.25, 0.3) is 0 Å². The predicted octanol–water partition coefficient (Wildman–Crippen LogP) is 4.03. The molecule has 0 aromatic heterocycles. The van der Waals surface area contributed by atoms with Crippen LogP contribution in [0.2, 0.25) is 0 Å². The Kier molecular flexibility index (Phi) is 6.46. The summed E-state index contributed by atoms with van der Waals surface area (Å²) < 4.78 is 28.1. The fourth-order valence-electron chi connectivity index (χ4n) is 2.98. The van der Waals surface area contributed by atoms with Crippen LogP contribution < -0.4 is 10.0 Å². The zero-order valence-electron chi connectivity index (χ0n) is 16.4. The Morgan fingerprint density at radius 1 is 0.862 bits per heavy atom. The number of sulfonamides is 1. The van der Waals surface area contributed by atoms with Crippen molar-refractivity contribution in [3.05, 3.63) is 90.0 Å². The maximum atomic E-state index is 12.7. The molecule has 2 N–H and O–H groups in total. The van der Waals surface area contributed by atoms with Crippen LogP contribution in [0.25, 0.3) is 11.1 Å². The van der Waals surface area contributed by atoms with Gasteiger partial charge in [0.05, 0.1) is 4.90 Å². The molecule has 3 aromatic carbocycles. The maximum absolute atomic E-state index is 12.7. The molecule has 0 saturated heterocycles. The highest BCUT2D eigenvalue weighted by Gasteiger charge is 2.18. The zero-order valence-corrected chi connectivity index (χ0v) is 17.2. The van der Waals surface area contributed by atoms with Gasteiger partial charge in [-0.25, -0.2) is 13.1 Å². The van der Waals surface area contributed by atoms with Crippen LogP contribution in [0.4, 0.5) is 0 Å². The van der Waals surface area contributed by atoms with E-state index in [1.807, 2.05) is 61.5 Å². The first kappa shape index (κ1) is 20.8. The summed E-state index contributed by atoms with van der Waals surface area (Å²) in [4.78, 5) is 11.2. The smallest absolute Gasteiger partial charge is 0.241 e. The summed E-state index contributed by atoms with van der Waals surface area (Å²) in [6.45, 7) is 3.63. The molecule has 0 aliphatic carbocycles. The van der Waals surface area contributed by atoms with Crippen LogP contribution in [0.5, 0.6) is 0 Å². The van der Waals surface area contributed by atoms with Gasteiger partial charge in [0.1, 0.15) is 0 Å². The average Bonchev–Trinajstić information content (AvgIpc) is 2.73. The third kappa shape index (κ3) is 5.53. The van der Waals surface area contributed by atoms with Gasteiger partial charge in [-0.2, -0.15) is 0 Å². The van der Waals surface area contributed by atoms with Crippen LogP contribution >= 0.6 is 0 Å². The van der Waals surface area contributed by atoms with Gasteiger partial charge in [0.15, 0.2) is 0 Å². The van der Waals surface area contributed by atoms with Gasteiger partial charge in [-0.1, -0.05) is 66.7 Å². The first-order valence-corrected chi connectivity index (χ1v) is 10.8. The quantitative estimate of drug-likeness (QED) is 0.620. The highest BCUT2D eigenvalue weighted by molar-refractivity contribution is 7.89. The van der Waals surface area contributed by atoms with E-state index in [-0.39, 0.29) is 16.8 Å². The number of benzene rings is 3. The highest BCUT2D eigenvalue weighted by atomic mass is 32.2. The SMILES string of the molecule is CC(=O)NCc1ccc(S(=O)(=O)NC(C)c2ccc(-c3ccccc3)cc2)cc1. The Hall–Kier alpha value is -2.96. The monoisotopic (exact) mass is 408 g/mol. The first-order valence-electron chi connectivity index (χ1n) is 9.36. The van der Waals surface area contributed by atoms with E-state index in [0.717, 1.165) is 22.3 Å². The molecule has 3 aromatic rings. The van der Waals surface area contributed by atoms with Crippen molar-refractivity contribution in [1.82, 2.24) is 10.0 Å². The summed E-state index contributed by atoms with van der Waals surface area (Å²) in [7, 11) is -3.66. The Bertz CT molecular complexity index is 1060. The highest BCUT2D eigenvalue weighted by Crippen LogP contribution is 2.23. The van der Waals surface area contributed by atoms with Crippen molar-refractivity contribution in [2.75, 3.05) is 0 Å². The molecule has 0 aliphatic heterocycles. The second-order valence-corrected chi connectivity index (χ2v) is 8.60. The molecule has 5 nitrogen and oxygen atoms in total. The molecule has 0 heterocycles. The van der Waals surface area contributed by atoms with Crippen molar-refractivity contribution in [2.24, 2.45) is 0 Å². The van der Waals surface area contributed by atoms with E-state index >= 15 is 0 Å². The molecule has 29 heavy (non-hydrogen) atoms. The van der Waals surface area contributed by atoms with E-state index in [9.17, 15) is 13.2 Å². The summed E-state index contributed by atoms with van der Waals surface area (Å²) in [5.74, 6) is -0.129. The molecule has 0 spiro atoms. The lowest BCUT2D eigenvalue weighted by Gasteiger charge is -2.15. The molecule has 0 aliphatic rings. The molecule has 0 bridgehead atoms. The first-order chi connectivity index (χ1) is 13.8. The minimum absolute atomic E-state index is 0.129. The number of hydrogen-bond donors (Lipinski definition) is 2. The molecule has 1 amide bonds. The van der Waals surface area contributed by atoms with Crippen molar-refractivity contribution in [2.45, 2.75) is 31.3 Å². The van der Waals surface area contributed by atoms with Crippen molar-refractivity contribution in [1.29, 1.82) is 0 Å². The van der Waals surface area contributed by atoms with Gasteiger partial charge in [-0.3, -0.25) is 4.79 Å². The second-order valence-electron chi connectivity index (χ2n) is 6.88. The second kappa shape index (κ2) is 9.03. The summed E-state index contributed by atoms with van der Waals surface area (Å²) in [5, 5.41) is 2.69. The lowest BCUT2D eigenvalue weighted by atomic mass is 10.0. The topological polar surface area (TPSA) is 75.3 Å². The van der Waals surface area contributed by atoms with Crippen LogP contribution in [-0.2, 0) is 21.4 Å². The third-order valence-electron chi connectivity index (χ3n) is 4.62. The molecule has 1 atom stereocenters. The van der Waals surface area contributed by atoms with E-state index in [0.29, 0.717) is 6.54 Å². The minimum atomic E-state index is -3.66. The number of carbonyl (C=O) groups excluding carboxylic acids is 1. The summed E-state index contributed by atoms with van der Waals surface area (Å²) >= 11 is 0. The van der Waals surface area contributed by atoms with Crippen LogP contribution in [-0.4, -0.2) is 14.3 Å². The summed E-state index contributed by atoms with van der Waals surface area (Å²) in [5.41, 5.74) is 3.92. The summed E-state index contributed by atoms with van der Waals surface area (Å²) in [6.07, 6.45) is 0. The molecule has 6 heteroatoms. The minimum Gasteiger partial charge on any atom is -0.352 e. The Labute approximate surface area is 171 Å². The molecule has 0 fully saturated rings. The number of carbonyl (C=O) groups is 1. The van der Waals surface area contributed by atoms with E-state index in [1.54, 1.807) is 24.3 Å². The molecule has 3 rings (SSSR count). The van der Waals surface area contributed by atoms with E-state index in [2.05, 4.69) is 10.0 Å². The van der Waals surface area contributed by atoms with Crippen molar-refractivity contribution in [3.63, 3.8) is 0 Å². The van der Waals surface area contributed by atoms with E-state index < -0.39 is 10.0 Å². The molecule has 1 unspecified atom stereocenters. The predicted molar refractivity (Wildman–Crippen MR) is 115 cm³/mol. The number of hydrogen-bond acceptors (Lipinski definition) is 3. The van der Waals surface area contributed by atoms with Gasteiger partial charge in [-0.05, 0) is 41.3 Å². The molecule has 0 saturated carbocycles. The van der Waals surface area contributed by atoms with Gasteiger partial charge >= 0.3 is 0 Å². The van der Waals surface area contributed by atoms with Gasteiger partial charge in [0, 0.05) is 19.5 Å². The number of amides is 1. The van der Waals surface area contributed by atoms with Gasteiger partial charge in [-0.15, -0.1) is 0 Å². The lowest BCUT2D eigenvalue weighted by molar-refractivity contribution is -0.119. The fourth-order valence-corrected chi connectivity index (χ4v) is 4.21. The van der Waals surface area contributed by atoms with Gasteiger partial charge in [0.2, 0.25) is 15.9 Å². The van der Waals surface area contributed by atoms with E-state index in [4.69, 9.17) is 0 Å². The standard InChI is InChI=1S/C23H24N2O3S/c1-17(20-10-12-22(13-11-20)21-6-4-3-5-7-21)25-29(27,28)23-14-8-19(9-15-23)16-24-18(2)26/h3-15,17,25H,16H2,1-2H3,(H,24,26). The van der Waals surface area contributed by atoms with E-state index in [1.165, 1.54) is 6.92 Å². The van der Waals surface area contributed by atoms with Crippen molar-refractivity contribution >= 4 is 15.9 Å². The molecule has 150 valence electrons. The molecular weight excluding hydrogens is 384 g/mol. The molecular formula is C23H24N2O3S. The largest absolute Gasteiger partial charge is 0.352 e. The number of rotatable bonds is 7. The van der Waals surface area contributed by atoms with Crippen LogP contribution in [0, 0.1) is 0 Å². The normalized spacial score (nSPS) is 12.3. The Balaban J connectivity index is 1.69. The Morgan fingerprint density at radius 2 is 1.45 bits per heavy atom. The van der Waals surface area contributed by atoms with Crippen molar-refractivity contribution < 1.29 is 13.2 Å². The summed E-state index contributed by atoms with van der Waals surface area (Å²) in [6, 6.07) is 24.0. The fraction of sp³-hybridized carbons (Fsp3) is 0.174.